The molecule has 0 unspecified atom stereocenters. The molecule has 8 atom stereocenters. The minimum Gasteiger partial charge on any atom is -0.734 e. The molecule has 1 spiro atoms. The maximum Gasteiger partial charge on any atom is 0.339 e. The zero-order valence-electron chi connectivity index (χ0n) is 30.2. The van der Waals surface area contributed by atoms with Crippen LogP contribution in [0, 0.1) is 22.5 Å². The summed E-state index contributed by atoms with van der Waals surface area (Å²) in [4.78, 5) is 39.8. The Morgan fingerprint density at radius 1 is 1.14 bits per heavy atom. The average molecular weight is 689 g/mol. The Bertz CT molecular complexity index is 1400. The Morgan fingerprint density at radius 3 is 2.33 bits per heavy atom. The Labute approximate surface area is 289 Å². The Hall–Kier alpha value is -3.59. The maximum atomic E-state index is 12.9. The number of hydrogen-bond acceptors (Lipinski definition) is 11. The molecule has 0 bridgehead atoms. The Kier molecular flexibility index (Phi) is 14.3. The summed E-state index contributed by atoms with van der Waals surface area (Å²) in [5.41, 5.74) is -3.27. The number of nitrogens with one attached hydrogen (secondary N) is 1. The minimum absolute atomic E-state index is 0.145. The highest BCUT2D eigenvalue weighted by Crippen LogP contribution is 2.54. The number of carbonyl (C=O) groups is 3. The van der Waals surface area contributed by atoms with E-state index in [0.717, 1.165) is 0 Å². The summed E-state index contributed by atoms with van der Waals surface area (Å²) in [6.45, 7) is 13.3. The molecule has 2 amide bonds. The van der Waals surface area contributed by atoms with Crippen molar-refractivity contribution >= 4 is 17.8 Å². The van der Waals surface area contributed by atoms with Crippen LogP contribution in [0.25, 0.3) is 0 Å². The van der Waals surface area contributed by atoms with Crippen LogP contribution in [0.3, 0.4) is 0 Å². The van der Waals surface area contributed by atoms with Crippen LogP contribution in [0.2, 0.25) is 0 Å². The Morgan fingerprint density at radius 2 is 1.78 bits per heavy atom. The monoisotopic (exact) mass is 688 g/mol. The van der Waals surface area contributed by atoms with E-state index in [-0.39, 0.29) is 29.8 Å². The van der Waals surface area contributed by atoms with E-state index in [2.05, 4.69) is 5.32 Å². The van der Waals surface area contributed by atoms with Crippen LogP contribution in [0.5, 0.6) is 0 Å². The van der Waals surface area contributed by atoms with Crippen molar-refractivity contribution in [2.24, 2.45) is 17.3 Å². The third-order valence-corrected chi connectivity index (χ3v) is 10.0. The number of amides is 2. The normalized spacial score (nSPS) is 28.0. The van der Waals surface area contributed by atoms with Gasteiger partial charge in [0.2, 0.25) is 17.4 Å². The molecule has 13 nitrogen and oxygen atoms in total. The second-order valence-corrected chi connectivity index (χ2v) is 13.5. The summed E-state index contributed by atoms with van der Waals surface area (Å²) in [6.07, 6.45) is 11.4. The first-order valence-corrected chi connectivity index (χ1v) is 16.3. The number of carbonyl (C=O) groups excluding carboxylic acids is 3. The van der Waals surface area contributed by atoms with Crippen molar-refractivity contribution in [3.05, 3.63) is 76.7 Å². The molecule has 2 heterocycles. The van der Waals surface area contributed by atoms with Crippen molar-refractivity contribution in [2.75, 3.05) is 20.7 Å². The van der Waals surface area contributed by atoms with Gasteiger partial charge in [0.05, 0.1) is 29.6 Å². The first-order chi connectivity index (χ1) is 22.7. The lowest BCUT2D eigenvalue weighted by atomic mass is 9.65. The number of hydroxylamine groups is 2. The molecule has 2 saturated heterocycles. The fraction of sp³-hybridized carbons (Fsp3) is 0.583. The average Bonchev–Trinajstić information content (AvgIpc) is 3.22. The fourth-order valence-corrected chi connectivity index (χ4v) is 6.47. The number of likely N-dealkylation sites (tertiary alicyclic amines) is 1. The van der Waals surface area contributed by atoms with E-state index in [9.17, 15) is 34.9 Å². The van der Waals surface area contributed by atoms with Crippen molar-refractivity contribution in [2.45, 2.75) is 97.4 Å². The van der Waals surface area contributed by atoms with Crippen molar-refractivity contribution in [3.63, 3.8) is 0 Å². The number of methoxy groups -OCH3 is 1. The van der Waals surface area contributed by atoms with Crippen LogP contribution >= 0.6 is 0 Å². The second-order valence-electron chi connectivity index (χ2n) is 13.5. The molecule has 2 rings (SSSR count). The van der Waals surface area contributed by atoms with E-state index in [1.807, 2.05) is 0 Å². The van der Waals surface area contributed by atoms with Gasteiger partial charge in [-0.2, -0.15) is 0 Å². The minimum atomic E-state index is -1.87. The van der Waals surface area contributed by atoms with Gasteiger partial charge in [0, 0.05) is 26.4 Å². The van der Waals surface area contributed by atoms with Gasteiger partial charge in [0.1, 0.15) is 11.7 Å². The first-order valence-electron chi connectivity index (χ1n) is 16.3. The number of cyclic esters (lactones) is 1. The summed E-state index contributed by atoms with van der Waals surface area (Å²) < 4.78 is 10.9. The number of allylic oxidation sites excluding steroid dienone is 9. The molecule has 49 heavy (non-hydrogen) atoms. The molecule has 13 heteroatoms. The highest BCUT2D eigenvalue weighted by Gasteiger charge is 2.80. The predicted molar refractivity (Wildman–Crippen MR) is 184 cm³/mol. The Balaban J connectivity index is 1.94. The lowest BCUT2D eigenvalue weighted by Gasteiger charge is -2.55. The molecule has 2 fully saturated rings. The number of rotatable bonds is 16. The van der Waals surface area contributed by atoms with E-state index >= 15 is 0 Å². The quantitative estimate of drug-likeness (QED) is 0.0910. The maximum absolute atomic E-state index is 12.9. The molecule has 2 aliphatic rings. The molecule has 0 saturated carbocycles. The smallest absolute Gasteiger partial charge is 0.339 e. The molecule has 0 aromatic rings. The van der Waals surface area contributed by atoms with E-state index < -0.39 is 64.7 Å². The molecule has 0 radical (unpaired) electrons. The summed E-state index contributed by atoms with van der Waals surface area (Å²) in [5, 5.41) is 56.1. The van der Waals surface area contributed by atoms with Crippen LogP contribution in [-0.4, -0.2) is 105 Å². The number of nitrogens with zero attached hydrogens (tertiary/aromatic N) is 2. The largest absolute Gasteiger partial charge is 0.734 e. The highest BCUT2D eigenvalue weighted by molar-refractivity contribution is 5.99. The van der Waals surface area contributed by atoms with E-state index in [1.165, 1.54) is 26.0 Å². The van der Waals surface area contributed by atoms with Gasteiger partial charge in [-0.15, -0.1) is 0 Å². The summed E-state index contributed by atoms with van der Waals surface area (Å²) in [5.74, 6) is -2.80. The number of aliphatic hydroxyl groups is 3. The van der Waals surface area contributed by atoms with Gasteiger partial charge < -0.3 is 45.4 Å². The molecule has 0 aromatic heterocycles. The third-order valence-electron chi connectivity index (χ3n) is 10.0. The van der Waals surface area contributed by atoms with Gasteiger partial charge >= 0.3 is 5.97 Å². The van der Waals surface area contributed by atoms with Gasteiger partial charge in [-0.3, -0.25) is 14.8 Å². The zero-order chi connectivity index (χ0) is 37.5. The van der Waals surface area contributed by atoms with Crippen molar-refractivity contribution < 1.29 is 44.4 Å². The van der Waals surface area contributed by atoms with Crippen LogP contribution in [0.4, 0.5) is 0 Å². The van der Waals surface area contributed by atoms with Gasteiger partial charge in [0.15, 0.2) is 0 Å². The van der Waals surface area contributed by atoms with Gasteiger partial charge in [-0.05, 0) is 65.0 Å². The van der Waals surface area contributed by atoms with Crippen LogP contribution in [0.15, 0.2) is 71.5 Å². The molecule has 0 aliphatic carbocycles. The standard InChI is InChI=1S/C36H54N3O10/c1-22(26(5)39(46)47)17-13-11-14-18-23(2)30(41)34(7,8)32(43)37-20-16-12-15-19-28(40)24(3)21-29(48-10)36(45)25(4)31(42)38(9)35(36)27(6)49-33(35)44/h11-19,24-25,27-30,40-41,45-46H,20-21H2,1-10H3,(H,37,43)/q-1/b14-11+,16-12?,17-13+,19-15+,23-18+,26-22+/t24-,25+,27-,28+,29+,30-,35-,36-/m1/s1. The lowest BCUT2D eigenvalue weighted by molar-refractivity contribution is -0.255. The SMILES string of the molecule is CO[C@@H](C[C@@H](C)[C@@H](O)/C=C/C=CCNC(=O)C(C)(C)[C@H](O)/C(C)=C/C=C/C=C/C(C)=C(\C)N([O-])O)[C@]1(O)[C@@H](C)C(=O)N(C)[C@]12C(=O)O[C@@H]2C. The number of likely N-dealkylation sites (N-methyl/N-ethyl adjacent to an activating group) is 1. The van der Waals surface area contributed by atoms with Crippen LogP contribution in [-0.2, 0) is 23.9 Å². The van der Waals surface area contributed by atoms with Crippen molar-refractivity contribution in [3.8, 4) is 0 Å². The van der Waals surface area contributed by atoms with Crippen LogP contribution in [0.1, 0.15) is 61.8 Å². The molecule has 0 aromatic carbocycles. The van der Waals surface area contributed by atoms with Gasteiger partial charge in [0.25, 0.3) is 0 Å². The topological polar surface area (TPSA) is 192 Å². The summed E-state index contributed by atoms with van der Waals surface area (Å²) >= 11 is 0. The first kappa shape index (κ1) is 41.6. The second kappa shape index (κ2) is 16.9. The molecular weight excluding hydrogens is 634 g/mol. The number of ether oxygens (including phenoxy) is 2. The van der Waals surface area contributed by atoms with E-state index in [4.69, 9.17) is 14.7 Å². The lowest BCUT2D eigenvalue weighted by Crippen LogP contribution is -2.80. The number of esters is 1. The predicted octanol–water partition coefficient (Wildman–Crippen LogP) is 3.07. The summed E-state index contributed by atoms with van der Waals surface area (Å²) in [6, 6.07) is 0. The summed E-state index contributed by atoms with van der Waals surface area (Å²) in [7, 11) is 2.87. The molecule has 2 aliphatic heterocycles. The zero-order valence-corrected chi connectivity index (χ0v) is 30.2. The van der Waals surface area contributed by atoms with E-state index in [1.54, 1.807) is 103 Å². The van der Waals surface area contributed by atoms with Crippen molar-refractivity contribution in [1.82, 2.24) is 15.4 Å². The van der Waals surface area contributed by atoms with E-state index in [0.29, 0.717) is 11.1 Å². The molecule has 5 N–H and O–H groups in total. The van der Waals surface area contributed by atoms with Crippen molar-refractivity contribution in [1.29, 1.82) is 0 Å². The highest BCUT2D eigenvalue weighted by atomic mass is 16.8. The number of aliphatic hydroxyl groups excluding tert-OH is 2. The third kappa shape index (κ3) is 8.25. The fourth-order valence-electron chi connectivity index (χ4n) is 6.47. The van der Waals surface area contributed by atoms with Gasteiger partial charge in [-0.1, -0.05) is 68.5 Å². The molecule has 274 valence electrons. The van der Waals surface area contributed by atoms with Gasteiger partial charge in [-0.25, -0.2) is 4.79 Å². The van der Waals surface area contributed by atoms with Crippen LogP contribution < -0.4 is 5.32 Å². The number of hydrogen-bond donors (Lipinski definition) is 5. The molecular formula is C36H54N3O10-.